The Kier molecular flexibility index (Phi) is 5.45. The van der Waals surface area contributed by atoms with Gasteiger partial charge in [-0.25, -0.2) is 0 Å². The molecule has 106 valence electrons. The molecule has 0 bridgehead atoms. The van der Waals surface area contributed by atoms with Gasteiger partial charge in [-0.1, -0.05) is 49.1 Å². The van der Waals surface area contributed by atoms with Gasteiger partial charge >= 0.3 is 0 Å². The summed E-state index contributed by atoms with van der Waals surface area (Å²) in [6, 6.07) is 7.78. The molecule has 0 amide bonds. The molecule has 0 aromatic heterocycles. The van der Waals surface area contributed by atoms with Crippen LogP contribution in [-0.4, -0.2) is 12.6 Å². The van der Waals surface area contributed by atoms with Crippen LogP contribution in [0.25, 0.3) is 0 Å². The normalized spacial score (nSPS) is 23.5. The third-order valence-electron chi connectivity index (χ3n) is 4.27. The monoisotopic (exact) mass is 259 g/mol. The molecule has 0 saturated heterocycles. The lowest BCUT2D eigenvalue weighted by molar-refractivity contribution is 0.284. The van der Waals surface area contributed by atoms with Crippen molar-refractivity contribution in [3.8, 4) is 0 Å². The van der Waals surface area contributed by atoms with Crippen LogP contribution in [0.5, 0.6) is 0 Å². The van der Waals surface area contributed by atoms with Gasteiger partial charge in [0.1, 0.15) is 0 Å². The predicted molar refractivity (Wildman–Crippen MR) is 83.7 cm³/mol. The van der Waals surface area contributed by atoms with E-state index in [4.69, 9.17) is 0 Å². The Hall–Kier alpha value is -0.820. The fourth-order valence-corrected chi connectivity index (χ4v) is 3.53. The molecule has 0 aliphatic heterocycles. The highest BCUT2D eigenvalue weighted by Gasteiger charge is 2.21. The minimum absolute atomic E-state index is 0.768. The van der Waals surface area contributed by atoms with Gasteiger partial charge in [0.25, 0.3) is 0 Å². The number of benzene rings is 1. The highest BCUT2D eigenvalue weighted by molar-refractivity contribution is 5.28. The average Bonchev–Trinajstić information content (AvgIpc) is 2.35. The maximum absolute atomic E-state index is 3.71. The zero-order chi connectivity index (χ0) is 13.7. The molecular formula is C18H29N. The predicted octanol–water partition coefficient (Wildman–Crippen LogP) is 4.40. The van der Waals surface area contributed by atoms with Crippen molar-refractivity contribution in [1.82, 2.24) is 5.32 Å². The Balaban J connectivity index is 1.91. The molecule has 0 radical (unpaired) electrons. The van der Waals surface area contributed by atoms with Crippen LogP contribution in [0.3, 0.4) is 0 Å². The van der Waals surface area contributed by atoms with E-state index in [1.807, 2.05) is 0 Å². The maximum Gasteiger partial charge on any atom is 0.00698 e. The Labute approximate surface area is 118 Å². The van der Waals surface area contributed by atoms with Crippen LogP contribution in [-0.2, 0) is 6.42 Å². The molecule has 2 rings (SSSR count). The van der Waals surface area contributed by atoms with E-state index < -0.39 is 0 Å². The van der Waals surface area contributed by atoms with Gasteiger partial charge in [-0.15, -0.1) is 0 Å². The van der Waals surface area contributed by atoms with E-state index >= 15 is 0 Å². The van der Waals surface area contributed by atoms with E-state index in [0.29, 0.717) is 0 Å². The van der Waals surface area contributed by atoms with Crippen molar-refractivity contribution in [2.75, 3.05) is 6.54 Å². The molecule has 2 unspecified atom stereocenters. The van der Waals surface area contributed by atoms with E-state index in [1.54, 1.807) is 5.56 Å². The molecule has 1 heteroatoms. The van der Waals surface area contributed by atoms with Crippen molar-refractivity contribution < 1.29 is 0 Å². The first-order chi connectivity index (χ1) is 9.17. The topological polar surface area (TPSA) is 12.0 Å². The molecule has 19 heavy (non-hydrogen) atoms. The zero-order valence-corrected chi connectivity index (χ0v) is 12.8. The lowest BCUT2D eigenvalue weighted by Gasteiger charge is -2.30. The van der Waals surface area contributed by atoms with Crippen molar-refractivity contribution in [3.63, 3.8) is 0 Å². The van der Waals surface area contributed by atoms with E-state index in [0.717, 1.165) is 12.0 Å². The van der Waals surface area contributed by atoms with Crippen molar-refractivity contribution in [2.24, 2.45) is 5.92 Å². The van der Waals surface area contributed by atoms with Gasteiger partial charge in [-0.2, -0.15) is 0 Å². The third kappa shape index (κ3) is 4.65. The van der Waals surface area contributed by atoms with E-state index in [9.17, 15) is 0 Å². The minimum atomic E-state index is 0.768. The summed E-state index contributed by atoms with van der Waals surface area (Å²) in [6.45, 7) is 7.86. The Morgan fingerprint density at radius 1 is 1.11 bits per heavy atom. The highest BCUT2D eigenvalue weighted by Crippen LogP contribution is 2.28. The summed E-state index contributed by atoms with van der Waals surface area (Å²) in [5.74, 6) is 0.879. The second-order valence-electron chi connectivity index (χ2n) is 6.38. The van der Waals surface area contributed by atoms with Crippen LogP contribution in [0.4, 0.5) is 0 Å². The fraction of sp³-hybridized carbons (Fsp3) is 0.667. The highest BCUT2D eigenvalue weighted by atomic mass is 14.9. The van der Waals surface area contributed by atoms with E-state index in [2.05, 4.69) is 44.3 Å². The van der Waals surface area contributed by atoms with Gasteiger partial charge in [0.05, 0.1) is 0 Å². The van der Waals surface area contributed by atoms with Crippen LogP contribution in [0.2, 0.25) is 0 Å². The molecule has 0 heterocycles. The first-order valence-electron chi connectivity index (χ1n) is 7.98. The Morgan fingerprint density at radius 2 is 1.84 bits per heavy atom. The van der Waals surface area contributed by atoms with Gasteiger partial charge in [0, 0.05) is 6.04 Å². The maximum atomic E-state index is 3.71. The molecule has 1 nitrogen and oxygen atoms in total. The quantitative estimate of drug-likeness (QED) is 0.826. The largest absolute Gasteiger partial charge is 0.314 e. The van der Waals surface area contributed by atoms with Crippen molar-refractivity contribution in [2.45, 2.75) is 65.3 Å². The molecule has 1 saturated carbocycles. The van der Waals surface area contributed by atoms with Crippen LogP contribution < -0.4 is 5.32 Å². The van der Waals surface area contributed by atoms with E-state index in [1.165, 1.54) is 56.2 Å². The number of hydrogen-bond donors (Lipinski definition) is 1. The zero-order valence-electron chi connectivity index (χ0n) is 12.8. The van der Waals surface area contributed by atoms with E-state index in [-0.39, 0.29) is 0 Å². The lowest BCUT2D eigenvalue weighted by Crippen LogP contribution is -2.35. The molecule has 1 aromatic rings. The first kappa shape index (κ1) is 14.6. The smallest absolute Gasteiger partial charge is 0.00698 e. The van der Waals surface area contributed by atoms with Gasteiger partial charge < -0.3 is 5.32 Å². The van der Waals surface area contributed by atoms with Crippen LogP contribution in [0.15, 0.2) is 18.2 Å². The van der Waals surface area contributed by atoms with Gasteiger partial charge in [-0.05, 0) is 57.6 Å². The summed E-state index contributed by atoms with van der Waals surface area (Å²) in [5.41, 5.74) is 4.36. The summed E-state index contributed by atoms with van der Waals surface area (Å²) in [4.78, 5) is 0. The lowest BCUT2D eigenvalue weighted by atomic mass is 9.81. The molecular weight excluding hydrogens is 230 g/mol. The third-order valence-corrected chi connectivity index (χ3v) is 4.27. The van der Waals surface area contributed by atoms with Crippen molar-refractivity contribution >= 4 is 0 Å². The van der Waals surface area contributed by atoms with Crippen molar-refractivity contribution in [3.05, 3.63) is 34.9 Å². The molecule has 1 aliphatic rings. The Morgan fingerprint density at radius 3 is 2.53 bits per heavy atom. The Bertz CT molecular complexity index is 376. The number of nitrogens with one attached hydrogen (secondary N) is 1. The number of rotatable bonds is 5. The first-order valence-corrected chi connectivity index (χ1v) is 7.98. The van der Waals surface area contributed by atoms with Gasteiger partial charge in [-0.3, -0.25) is 0 Å². The molecule has 0 spiro atoms. The molecule has 1 aromatic carbocycles. The standard InChI is InChI=1S/C18H29N/c1-4-8-19-18-7-5-6-16(13-18)12-17-10-14(2)9-15(3)11-17/h9-11,16,18-19H,4-8,12-13H2,1-3H3. The summed E-state index contributed by atoms with van der Waals surface area (Å²) in [6.07, 6.45) is 8.08. The second-order valence-corrected chi connectivity index (χ2v) is 6.38. The van der Waals surface area contributed by atoms with Crippen LogP contribution in [0, 0.1) is 19.8 Å². The van der Waals surface area contributed by atoms with Gasteiger partial charge in [0.2, 0.25) is 0 Å². The fourth-order valence-electron chi connectivity index (χ4n) is 3.53. The summed E-state index contributed by atoms with van der Waals surface area (Å²) < 4.78 is 0. The second kappa shape index (κ2) is 7.09. The van der Waals surface area contributed by atoms with Crippen LogP contribution in [0.1, 0.15) is 55.7 Å². The molecule has 2 atom stereocenters. The summed E-state index contributed by atoms with van der Waals surface area (Å²) in [5, 5.41) is 3.71. The van der Waals surface area contributed by atoms with Crippen LogP contribution >= 0.6 is 0 Å². The molecule has 1 fully saturated rings. The molecule has 1 aliphatic carbocycles. The summed E-state index contributed by atoms with van der Waals surface area (Å²) in [7, 11) is 0. The number of hydrogen-bond acceptors (Lipinski definition) is 1. The molecule has 1 N–H and O–H groups in total. The SMILES string of the molecule is CCCNC1CCCC(Cc2cc(C)cc(C)c2)C1. The number of aryl methyl sites for hydroxylation is 2. The van der Waals surface area contributed by atoms with Crippen molar-refractivity contribution in [1.29, 1.82) is 0 Å². The average molecular weight is 259 g/mol. The minimum Gasteiger partial charge on any atom is -0.314 e. The summed E-state index contributed by atoms with van der Waals surface area (Å²) >= 11 is 0. The van der Waals surface area contributed by atoms with Gasteiger partial charge in [0.15, 0.2) is 0 Å².